The summed E-state index contributed by atoms with van der Waals surface area (Å²) in [5.41, 5.74) is -4.32. The zero-order valence-electron chi connectivity index (χ0n) is 17.8. The van der Waals surface area contributed by atoms with Gasteiger partial charge in [0, 0.05) is 22.8 Å². The Kier molecular flexibility index (Phi) is 5.46. The molecule has 0 spiro atoms. The van der Waals surface area contributed by atoms with Crippen molar-refractivity contribution in [2.75, 3.05) is 0 Å². The van der Waals surface area contributed by atoms with Gasteiger partial charge in [0.2, 0.25) is 0 Å². The van der Waals surface area contributed by atoms with Crippen molar-refractivity contribution >= 4 is 21.5 Å². The molecule has 0 fully saturated rings. The van der Waals surface area contributed by atoms with Crippen molar-refractivity contribution < 1.29 is 39.5 Å². The molecule has 0 nitrogen and oxygen atoms in total. The molecule has 0 aromatic heterocycles. The van der Waals surface area contributed by atoms with E-state index in [2.05, 4.69) is 0 Å². The van der Waals surface area contributed by atoms with Crippen molar-refractivity contribution in [2.24, 2.45) is 0 Å². The van der Waals surface area contributed by atoms with E-state index in [-0.39, 0.29) is 32.7 Å². The topological polar surface area (TPSA) is 0 Å². The van der Waals surface area contributed by atoms with E-state index < -0.39 is 57.8 Å². The van der Waals surface area contributed by atoms with Crippen LogP contribution in [0.3, 0.4) is 0 Å². The van der Waals surface area contributed by atoms with Gasteiger partial charge in [0.25, 0.3) is 0 Å². The average molecular weight is 506 g/mol. The molecule has 0 saturated carbocycles. The van der Waals surface area contributed by atoms with Gasteiger partial charge in [-0.1, -0.05) is 48.5 Å². The third-order valence-corrected chi connectivity index (χ3v) is 5.93. The van der Waals surface area contributed by atoms with E-state index in [1.165, 1.54) is 48.5 Å². The van der Waals surface area contributed by atoms with Crippen molar-refractivity contribution in [1.29, 1.82) is 0 Å². The Hall–Kier alpha value is -4.01. The second-order valence-corrected chi connectivity index (χ2v) is 7.97. The maximum Gasteiger partial charge on any atom is 0.422 e. The molecule has 0 radical (unpaired) electrons. The Labute approximate surface area is 197 Å². The van der Waals surface area contributed by atoms with Crippen LogP contribution in [-0.4, -0.2) is 0 Å². The van der Waals surface area contributed by atoms with Gasteiger partial charge in [0.1, 0.15) is 17.2 Å². The molecule has 0 N–H and O–H groups in total. The molecule has 0 aliphatic carbocycles. The van der Waals surface area contributed by atoms with Gasteiger partial charge in [0.05, 0.1) is 5.56 Å². The highest BCUT2D eigenvalue weighted by Crippen LogP contribution is 2.47. The largest absolute Gasteiger partial charge is 0.422 e. The van der Waals surface area contributed by atoms with Crippen LogP contribution in [0.5, 0.6) is 0 Å². The Morgan fingerprint density at radius 1 is 0.472 bits per heavy atom. The summed E-state index contributed by atoms with van der Waals surface area (Å²) in [6, 6.07) is 14.2. The van der Waals surface area contributed by atoms with Gasteiger partial charge in [0.15, 0.2) is 23.3 Å². The number of hydrogen-bond acceptors (Lipinski definition) is 0. The second kappa shape index (κ2) is 8.29. The van der Waals surface area contributed by atoms with Crippen molar-refractivity contribution in [1.82, 2.24) is 0 Å². The standard InChI is InChI=1S/C27H11F9/c28-12-9-10-17(18(29)11-12)19-13-5-1-3-7-15(13)20(16-8-4-2-6-14(16)19)21-23(30)25(32)22(27(34,35)36)26(33)24(21)31/h1-11H. The molecular weight excluding hydrogens is 495 g/mol. The van der Waals surface area contributed by atoms with Crippen LogP contribution >= 0.6 is 0 Å². The van der Waals surface area contributed by atoms with E-state index in [9.17, 15) is 30.7 Å². The van der Waals surface area contributed by atoms with E-state index in [4.69, 9.17) is 0 Å². The number of hydrogen-bond donors (Lipinski definition) is 0. The van der Waals surface area contributed by atoms with Crippen molar-refractivity contribution in [3.05, 3.63) is 107 Å². The molecule has 0 unspecified atom stereocenters. The molecule has 5 aromatic rings. The Morgan fingerprint density at radius 3 is 1.33 bits per heavy atom. The predicted octanol–water partition coefficient (Wildman–Crippen LogP) is 9.18. The van der Waals surface area contributed by atoms with Gasteiger partial charge in [-0.3, -0.25) is 0 Å². The lowest BCUT2D eigenvalue weighted by molar-refractivity contribution is -0.143. The van der Waals surface area contributed by atoms with Crippen molar-refractivity contribution in [3.8, 4) is 22.3 Å². The van der Waals surface area contributed by atoms with Gasteiger partial charge in [-0.2, -0.15) is 13.2 Å². The molecule has 5 rings (SSSR count). The summed E-state index contributed by atoms with van der Waals surface area (Å²) in [5, 5.41) is 0.282. The normalized spacial score (nSPS) is 12.0. The van der Waals surface area contributed by atoms with Crippen LogP contribution < -0.4 is 0 Å². The summed E-state index contributed by atoms with van der Waals surface area (Å²) in [7, 11) is 0. The molecular formula is C27H11F9. The van der Waals surface area contributed by atoms with Crippen LogP contribution in [0.25, 0.3) is 43.8 Å². The van der Waals surface area contributed by atoms with Gasteiger partial charge >= 0.3 is 6.18 Å². The van der Waals surface area contributed by atoms with E-state index in [0.717, 1.165) is 12.1 Å². The zero-order valence-corrected chi connectivity index (χ0v) is 17.8. The van der Waals surface area contributed by atoms with E-state index in [1.54, 1.807) is 0 Å². The second-order valence-electron chi connectivity index (χ2n) is 7.97. The van der Waals surface area contributed by atoms with Gasteiger partial charge in [-0.15, -0.1) is 0 Å². The first-order valence-electron chi connectivity index (χ1n) is 10.3. The number of halogens is 9. The van der Waals surface area contributed by atoms with Crippen LogP contribution in [0.4, 0.5) is 39.5 Å². The number of fused-ring (bicyclic) bond motifs is 2. The smallest absolute Gasteiger partial charge is 0.207 e. The minimum Gasteiger partial charge on any atom is -0.207 e. The summed E-state index contributed by atoms with van der Waals surface area (Å²) >= 11 is 0. The summed E-state index contributed by atoms with van der Waals surface area (Å²) in [5.74, 6) is -11.4. The summed E-state index contributed by atoms with van der Waals surface area (Å²) in [6.07, 6.45) is -5.69. The SMILES string of the molecule is Fc1ccc(-c2c3ccccc3c(-c3c(F)c(F)c(C(F)(F)F)c(F)c3F)c3ccccc23)c(F)c1. The Balaban J connectivity index is 2.00. The first-order valence-corrected chi connectivity index (χ1v) is 10.3. The highest BCUT2D eigenvalue weighted by Gasteiger charge is 2.43. The maximum atomic E-state index is 15.1. The monoisotopic (exact) mass is 506 g/mol. The van der Waals surface area contributed by atoms with E-state index in [0.29, 0.717) is 6.07 Å². The predicted molar refractivity (Wildman–Crippen MR) is 117 cm³/mol. The molecule has 0 aliphatic rings. The zero-order chi connectivity index (χ0) is 25.9. The minimum atomic E-state index is -5.69. The fourth-order valence-corrected chi connectivity index (χ4v) is 4.48. The maximum absolute atomic E-state index is 15.1. The number of rotatable bonds is 2. The van der Waals surface area contributed by atoms with Crippen molar-refractivity contribution in [3.63, 3.8) is 0 Å². The molecule has 0 bridgehead atoms. The molecule has 0 atom stereocenters. The summed E-state index contributed by atoms with van der Waals surface area (Å²) in [4.78, 5) is 0. The number of alkyl halides is 3. The quantitative estimate of drug-likeness (QED) is 0.127. The molecule has 0 aliphatic heterocycles. The van der Waals surface area contributed by atoms with Gasteiger partial charge in [-0.25, -0.2) is 26.3 Å². The molecule has 0 heterocycles. The first-order chi connectivity index (χ1) is 17.0. The van der Waals surface area contributed by atoms with Crippen LogP contribution in [-0.2, 0) is 6.18 Å². The van der Waals surface area contributed by atoms with Crippen molar-refractivity contribution in [2.45, 2.75) is 6.18 Å². The fraction of sp³-hybridized carbons (Fsp3) is 0.0370. The lowest BCUT2D eigenvalue weighted by atomic mass is 9.85. The Morgan fingerprint density at radius 2 is 0.917 bits per heavy atom. The van der Waals surface area contributed by atoms with Gasteiger partial charge in [-0.05, 0) is 33.7 Å². The summed E-state index contributed by atoms with van der Waals surface area (Å²) < 4.78 is 127. The molecule has 36 heavy (non-hydrogen) atoms. The van der Waals surface area contributed by atoms with Gasteiger partial charge < -0.3 is 0 Å². The highest BCUT2D eigenvalue weighted by molar-refractivity contribution is 6.21. The Bertz CT molecular complexity index is 1600. The molecule has 0 saturated heterocycles. The third kappa shape index (κ3) is 3.49. The van der Waals surface area contributed by atoms with Crippen LogP contribution in [0, 0.1) is 34.9 Å². The van der Waals surface area contributed by atoms with E-state index >= 15 is 8.78 Å². The van der Waals surface area contributed by atoms with E-state index in [1.807, 2.05) is 0 Å². The lowest BCUT2D eigenvalue weighted by Gasteiger charge is -2.20. The van der Waals surface area contributed by atoms with Crippen LogP contribution in [0.15, 0.2) is 66.7 Å². The minimum absolute atomic E-state index is 0.0220. The third-order valence-electron chi connectivity index (χ3n) is 5.93. The molecule has 5 aromatic carbocycles. The highest BCUT2D eigenvalue weighted by atomic mass is 19.4. The lowest BCUT2D eigenvalue weighted by Crippen LogP contribution is -2.16. The van der Waals surface area contributed by atoms with Crippen LogP contribution in [0.1, 0.15) is 5.56 Å². The summed E-state index contributed by atoms with van der Waals surface area (Å²) in [6.45, 7) is 0. The molecule has 0 amide bonds. The molecule has 9 heteroatoms. The average Bonchev–Trinajstić information content (AvgIpc) is 2.82. The van der Waals surface area contributed by atoms with Crippen LogP contribution in [0.2, 0.25) is 0 Å². The molecule has 182 valence electrons. The number of benzene rings is 5. The first kappa shape index (κ1) is 23.7. The fourth-order valence-electron chi connectivity index (χ4n) is 4.48.